The maximum atomic E-state index is 12.6. The third-order valence-electron chi connectivity index (χ3n) is 3.80. The predicted octanol–water partition coefficient (Wildman–Crippen LogP) is 4.06. The molecular weight excluding hydrogens is 346 g/mol. The average Bonchev–Trinajstić information content (AvgIpc) is 2.74. The van der Waals surface area contributed by atoms with E-state index in [1.165, 1.54) is 4.90 Å². The molecule has 0 aliphatic carbocycles. The molecule has 124 valence electrons. The molecule has 0 spiro atoms. The molecule has 3 rings (SSSR count). The zero-order valence-electron chi connectivity index (χ0n) is 13.1. The maximum Gasteiger partial charge on any atom is 0.228 e. The molecule has 0 unspecified atom stereocenters. The number of hydrogen-bond acceptors (Lipinski definition) is 4. The molecule has 1 aliphatic heterocycles. The minimum absolute atomic E-state index is 0.000928. The number of fused-ring (bicyclic) bond motifs is 1. The van der Waals surface area contributed by atoms with Crippen LogP contribution in [0.1, 0.15) is 16.8 Å². The summed E-state index contributed by atoms with van der Waals surface area (Å²) in [4.78, 5) is 27.5. The second kappa shape index (κ2) is 7.28. The van der Waals surface area contributed by atoms with Gasteiger partial charge in [0.05, 0.1) is 19.3 Å². The van der Waals surface area contributed by atoms with Crippen LogP contribution >= 0.6 is 23.4 Å². The zero-order chi connectivity index (χ0) is 17.1. The Labute approximate surface area is 149 Å². The highest BCUT2D eigenvalue weighted by Crippen LogP contribution is 2.36. The average molecular weight is 362 g/mol. The summed E-state index contributed by atoms with van der Waals surface area (Å²) >= 11 is 7.69. The third-order valence-corrected chi connectivity index (χ3v) is 5.10. The number of rotatable bonds is 4. The van der Waals surface area contributed by atoms with E-state index in [9.17, 15) is 9.59 Å². The Morgan fingerprint density at radius 1 is 1.25 bits per heavy atom. The van der Waals surface area contributed by atoms with Gasteiger partial charge < -0.3 is 9.64 Å². The fourth-order valence-corrected chi connectivity index (χ4v) is 3.67. The van der Waals surface area contributed by atoms with Gasteiger partial charge in [0, 0.05) is 27.7 Å². The lowest BCUT2D eigenvalue weighted by Gasteiger charge is -2.22. The molecule has 0 aromatic heterocycles. The fraction of sp³-hybridized carbons (Fsp3) is 0.222. The highest BCUT2D eigenvalue weighted by Gasteiger charge is 2.25. The van der Waals surface area contributed by atoms with Gasteiger partial charge in [-0.25, -0.2) is 0 Å². The minimum atomic E-state index is -0.121. The lowest BCUT2D eigenvalue weighted by Crippen LogP contribution is -2.35. The highest BCUT2D eigenvalue weighted by molar-refractivity contribution is 7.99. The van der Waals surface area contributed by atoms with E-state index in [4.69, 9.17) is 16.3 Å². The Hall–Kier alpha value is -1.98. The van der Waals surface area contributed by atoms with Crippen molar-refractivity contribution in [3.63, 3.8) is 0 Å². The number of hydrogen-bond donors (Lipinski definition) is 0. The molecule has 1 heterocycles. The van der Waals surface area contributed by atoms with Gasteiger partial charge in [-0.15, -0.1) is 11.8 Å². The minimum Gasteiger partial charge on any atom is -0.497 e. The van der Waals surface area contributed by atoms with E-state index in [-0.39, 0.29) is 18.2 Å². The number of anilines is 1. The Kier molecular flexibility index (Phi) is 5.11. The number of ketones is 1. The monoisotopic (exact) mass is 361 g/mol. The molecule has 0 fully saturated rings. The van der Waals surface area contributed by atoms with Crippen molar-refractivity contribution in [1.29, 1.82) is 0 Å². The Bertz CT molecular complexity index is 776. The summed E-state index contributed by atoms with van der Waals surface area (Å²) in [6, 6.07) is 12.3. The summed E-state index contributed by atoms with van der Waals surface area (Å²) in [5, 5.41) is 0.547. The van der Waals surface area contributed by atoms with E-state index in [2.05, 4.69) is 0 Å². The predicted molar refractivity (Wildman–Crippen MR) is 96.5 cm³/mol. The molecule has 2 aromatic rings. The van der Waals surface area contributed by atoms with E-state index < -0.39 is 0 Å². The van der Waals surface area contributed by atoms with Gasteiger partial charge in [-0.05, 0) is 42.5 Å². The summed E-state index contributed by atoms with van der Waals surface area (Å²) in [5.74, 6) is 1.20. The number of halogens is 1. The van der Waals surface area contributed by atoms with Crippen LogP contribution in [0, 0.1) is 0 Å². The Morgan fingerprint density at radius 2 is 2.00 bits per heavy atom. The first-order chi connectivity index (χ1) is 11.6. The zero-order valence-corrected chi connectivity index (χ0v) is 14.7. The van der Waals surface area contributed by atoms with E-state index >= 15 is 0 Å². The molecule has 1 amide bonds. The first-order valence-electron chi connectivity index (χ1n) is 7.48. The van der Waals surface area contributed by atoms with Gasteiger partial charge in [-0.3, -0.25) is 9.59 Å². The summed E-state index contributed by atoms with van der Waals surface area (Å²) in [7, 11) is 1.57. The van der Waals surface area contributed by atoms with E-state index in [1.807, 2.05) is 6.07 Å². The van der Waals surface area contributed by atoms with E-state index in [0.29, 0.717) is 34.2 Å². The SMILES string of the molecule is COc1ccc(C(=O)CN2C(=O)CCSc3ccc(Cl)cc32)cc1. The number of methoxy groups -OCH3 is 1. The van der Waals surface area contributed by atoms with Gasteiger partial charge in [0.2, 0.25) is 5.91 Å². The lowest BCUT2D eigenvalue weighted by atomic mass is 10.1. The Balaban J connectivity index is 1.88. The van der Waals surface area contributed by atoms with Gasteiger partial charge in [-0.1, -0.05) is 11.6 Å². The van der Waals surface area contributed by atoms with Crippen molar-refractivity contribution in [2.24, 2.45) is 0 Å². The summed E-state index contributed by atoms with van der Waals surface area (Å²) < 4.78 is 5.10. The number of carbonyl (C=O) groups excluding carboxylic acids is 2. The van der Waals surface area contributed by atoms with Crippen LogP contribution in [0.2, 0.25) is 5.02 Å². The second-order valence-corrected chi connectivity index (χ2v) is 6.92. The lowest BCUT2D eigenvalue weighted by molar-refractivity contribution is -0.118. The molecule has 1 aliphatic rings. The van der Waals surface area contributed by atoms with Crippen molar-refractivity contribution < 1.29 is 14.3 Å². The first-order valence-corrected chi connectivity index (χ1v) is 8.85. The number of Topliss-reactive ketones (excluding diaryl/α,β-unsaturated/α-hetero) is 1. The molecule has 0 radical (unpaired) electrons. The van der Waals surface area contributed by atoms with Crippen LogP contribution in [0.3, 0.4) is 0 Å². The van der Waals surface area contributed by atoms with Crippen molar-refractivity contribution in [1.82, 2.24) is 0 Å². The highest BCUT2D eigenvalue weighted by atomic mass is 35.5. The molecule has 4 nitrogen and oxygen atoms in total. The number of amides is 1. The topological polar surface area (TPSA) is 46.6 Å². The van der Waals surface area contributed by atoms with Crippen LogP contribution in [0.25, 0.3) is 0 Å². The molecule has 24 heavy (non-hydrogen) atoms. The van der Waals surface area contributed by atoms with Crippen LogP contribution in [0.4, 0.5) is 5.69 Å². The van der Waals surface area contributed by atoms with E-state index in [1.54, 1.807) is 55.3 Å². The number of benzene rings is 2. The number of nitrogens with zero attached hydrogens (tertiary/aromatic N) is 1. The normalized spacial score (nSPS) is 14.1. The summed E-state index contributed by atoms with van der Waals surface area (Å²) in [5.41, 5.74) is 1.25. The maximum absolute atomic E-state index is 12.6. The second-order valence-electron chi connectivity index (χ2n) is 5.34. The van der Waals surface area contributed by atoms with Crippen molar-refractivity contribution >= 4 is 40.7 Å². The van der Waals surface area contributed by atoms with E-state index in [0.717, 1.165) is 4.90 Å². The molecular formula is C18H16ClNO3S. The molecule has 0 saturated carbocycles. The third kappa shape index (κ3) is 3.57. The molecule has 0 bridgehead atoms. The molecule has 0 N–H and O–H groups in total. The molecule has 0 saturated heterocycles. The van der Waals surface area contributed by atoms with Gasteiger partial charge in [0.15, 0.2) is 5.78 Å². The summed E-state index contributed by atoms with van der Waals surface area (Å²) in [6.07, 6.45) is 0.396. The number of thioether (sulfide) groups is 1. The smallest absolute Gasteiger partial charge is 0.228 e. The van der Waals surface area contributed by atoms with Crippen molar-refractivity contribution in [2.45, 2.75) is 11.3 Å². The first kappa shape index (κ1) is 16.9. The van der Waals surface area contributed by atoms with Gasteiger partial charge >= 0.3 is 0 Å². The number of ether oxygens (including phenoxy) is 1. The van der Waals surface area contributed by atoms with Crippen LogP contribution in [-0.4, -0.2) is 31.1 Å². The standard InChI is InChI=1S/C18H16ClNO3S/c1-23-14-5-2-12(3-6-14)16(21)11-20-15-10-13(19)4-7-17(15)24-9-8-18(20)22/h2-7,10H,8-9,11H2,1H3. The molecule has 0 atom stereocenters. The Morgan fingerprint density at radius 3 is 2.71 bits per heavy atom. The molecule has 2 aromatic carbocycles. The van der Waals surface area contributed by atoms with Gasteiger partial charge in [0.25, 0.3) is 0 Å². The fourth-order valence-electron chi connectivity index (χ4n) is 2.53. The quantitative estimate of drug-likeness (QED) is 0.770. The largest absolute Gasteiger partial charge is 0.497 e. The number of carbonyl (C=O) groups is 2. The van der Waals surface area contributed by atoms with Gasteiger partial charge in [-0.2, -0.15) is 0 Å². The van der Waals surface area contributed by atoms with Crippen LogP contribution in [0.5, 0.6) is 5.75 Å². The van der Waals surface area contributed by atoms with Gasteiger partial charge in [0.1, 0.15) is 5.75 Å². The molecule has 6 heteroatoms. The van der Waals surface area contributed by atoms with Crippen LogP contribution < -0.4 is 9.64 Å². The van der Waals surface area contributed by atoms with Crippen molar-refractivity contribution in [3.8, 4) is 5.75 Å². The summed E-state index contributed by atoms with van der Waals surface area (Å²) in [6.45, 7) is -0.000928. The van der Waals surface area contributed by atoms with Crippen molar-refractivity contribution in [3.05, 3.63) is 53.1 Å². The van der Waals surface area contributed by atoms with Crippen LogP contribution in [0.15, 0.2) is 47.4 Å². The van der Waals surface area contributed by atoms with Crippen molar-refractivity contribution in [2.75, 3.05) is 24.3 Å². The van der Waals surface area contributed by atoms with Crippen LogP contribution in [-0.2, 0) is 4.79 Å².